The number of aryl methyl sites for hydroxylation is 1. The predicted molar refractivity (Wildman–Crippen MR) is 105 cm³/mol. The molecule has 146 valence electrons. The Balaban J connectivity index is 1.36. The number of benzene rings is 2. The molecule has 3 aromatic rings. The summed E-state index contributed by atoms with van der Waals surface area (Å²) in [7, 11) is 0. The lowest BCUT2D eigenvalue weighted by molar-refractivity contribution is -0.130. The van der Waals surface area contributed by atoms with Crippen molar-refractivity contribution >= 4 is 17.0 Å². The number of aromatic nitrogens is 1. The molecular weight excluding hydrogens is 357 g/mol. The highest BCUT2D eigenvalue weighted by molar-refractivity contribution is 5.79. The first-order valence-corrected chi connectivity index (χ1v) is 9.68. The second kappa shape index (κ2) is 8.10. The van der Waals surface area contributed by atoms with Gasteiger partial charge in [0.15, 0.2) is 5.58 Å². The number of hydrogen-bond donors (Lipinski definition) is 0. The molecular formula is C22H24FN3O2. The van der Waals surface area contributed by atoms with Gasteiger partial charge in [0.1, 0.15) is 11.3 Å². The summed E-state index contributed by atoms with van der Waals surface area (Å²) >= 11 is 0. The Kier molecular flexibility index (Phi) is 5.39. The van der Waals surface area contributed by atoms with Crippen LogP contribution < -0.4 is 0 Å². The van der Waals surface area contributed by atoms with Crippen molar-refractivity contribution in [2.24, 2.45) is 0 Å². The van der Waals surface area contributed by atoms with Crippen LogP contribution in [0.5, 0.6) is 0 Å². The number of halogens is 1. The van der Waals surface area contributed by atoms with E-state index in [4.69, 9.17) is 4.42 Å². The molecule has 0 atom stereocenters. The van der Waals surface area contributed by atoms with Gasteiger partial charge in [-0.3, -0.25) is 9.69 Å². The van der Waals surface area contributed by atoms with Gasteiger partial charge in [0.25, 0.3) is 0 Å². The Bertz CT molecular complexity index is 985. The van der Waals surface area contributed by atoms with Crippen molar-refractivity contribution in [3.05, 3.63) is 65.3 Å². The molecule has 0 N–H and O–H groups in total. The zero-order valence-electron chi connectivity index (χ0n) is 16.0. The summed E-state index contributed by atoms with van der Waals surface area (Å²) in [4.78, 5) is 21.4. The fourth-order valence-electron chi connectivity index (χ4n) is 3.67. The van der Waals surface area contributed by atoms with Gasteiger partial charge in [0.2, 0.25) is 11.8 Å². The van der Waals surface area contributed by atoms with E-state index in [0.717, 1.165) is 37.2 Å². The third kappa shape index (κ3) is 4.22. The second-order valence-corrected chi connectivity index (χ2v) is 7.33. The zero-order valence-corrected chi connectivity index (χ0v) is 16.0. The second-order valence-electron chi connectivity index (χ2n) is 7.33. The summed E-state index contributed by atoms with van der Waals surface area (Å²) in [6, 6.07) is 12.4. The minimum absolute atomic E-state index is 0.175. The van der Waals surface area contributed by atoms with Crippen LogP contribution in [0.4, 0.5) is 4.39 Å². The standard InChI is InChI=1S/C22H24FN3O2/c1-16-5-2-3-6-17(16)13-22(27)26-10-4-9-25(11-12-26)15-21-24-19-8-7-18(23)14-20(19)28-21/h2-3,5-8,14H,4,9-13,15H2,1H3. The minimum atomic E-state index is -0.326. The van der Waals surface area contributed by atoms with Crippen molar-refractivity contribution in [1.29, 1.82) is 0 Å². The highest BCUT2D eigenvalue weighted by Crippen LogP contribution is 2.18. The third-order valence-corrected chi connectivity index (χ3v) is 5.30. The Hall–Kier alpha value is -2.73. The fraction of sp³-hybridized carbons (Fsp3) is 0.364. The quantitative estimate of drug-likeness (QED) is 0.694. The molecule has 0 saturated carbocycles. The molecule has 2 aromatic carbocycles. The van der Waals surface area contributed by atoms with Crippen LogP contribution in [0.3, 0.4) is 0 Å². The molecule has 1 fully saturated rings. The van der Waals surface area contributed by atoms with E-state index in [-0.39, 0.29) is 11.7 Å². The van der Waals surface area contributed by atoms with Crippen molar-refractivity contribution in [2.45, 2.75) is 26.3 Å². The molecule has 6 heteroatoms. The number of carbonyl (C=O) groups is 1. The van der Waals surface area contributed by atoms with Crippen LogP contribution in [0, 0.1) is 12.7 Å². The number of hydrogen-bond acceptors (Lipinski definition) is 4. The number of fused-ring (bicyclic) bond motifs is 1. The molecule has 1 saturated heterocycles. The highest BCUT2D eigenvalue weighted by atomic mass is 19.1. The van der Waals surface area contributed by atoms with Gasteiger partial charge < -0.3 is 9.32 Å². The first-order chi connectivity index (χ1) is 13.6. The molecule has 0 radical (unpaired) electrons. The first kappa shape index (κ1) is 18.6. The van der Waals surface area contributed by atoms with Gasteiger partial charge in [0, 0.05) is 32.2 Å². The molecule has 0 unspecified atom stereocenters. The van der Waals surface area contributed by atoms with Crippen molar-refractivity contribution in [3.63, 3.8) is 0 Å². The van der Waals surface area contributed by atoms with Crippen LogP contribution in [-0.2, 0) is 17.8 Å². The van der Waals surface area contributed by atoms with Crippen molar-refractivity contribution in [2.75, 3.05) is 26.2 Å². The minimum Gasteiger partial charge on any atom is -0.439 e. The molecule has 4 rings (SSSR count). The zero-order chi connectivity index (χ0) is 19.5. The van der Waals surface area contributed by atoms with Crippen LogP contribution in [-0.4, -0.2) is 46.9 Å². The van der Waals surface area contributed by atoms with Gasteiger partial charge in [-0.2, -0.15) is 0 Å². The topological polar surface area (TPSA) is 49.6 Å². The van der Waals surface area contributed by atoms with Crippen molar-refractivity contribution in [1.82, 2.24) is 14.8 Å². The summed E-state index contributed by atoms with van der Waals surface area (Å²) in [5, 5.41) is 0. The summed E-state index contributed by atoms with van der Waals surface area (Å²) in [5.41, 5.74) is 3.38. The van der Waals surface area contributed by atoms with Crippen molar-refractivity contribution < 1.29 is 13.6 Å². The average Bonchev–Trinajstić information content (AvgIpc) is 2.91. The van der Waals surface area contributed by atoms with Gasteiger partial charge in [-0.05, 0) is 36.6 Å². The van der Waals surface area contributed by atoms with Gasteiger partial charge in [-0.25, -0.2) is 9.37 Å². The summed E-state index contributed by atoms with van der Waals surface area (Å²) in [6.07, 6.45) is 1.36. The molecule has 0 spiro atoms. The molecule has 0 bridgehead atoms. The normalized spacial score (nSPS) is 15.7. The Morgan fingerprint density at radius 3 is 2.86 bits per heavy atom. The van der Waals surface area contributed by atoms with E-state index < -0.39 is 0 Å². The predicted octanol–water partition coefficient (Wildman–Crippen LogP) is 3.55. The van der Waals surface area contributed by atoms with Crippen LogP contribution >= 0.6 is 0 Å². The Morgan fingerprint density at radius 1 is 1.14 bits per heavy atom. The monoisotopic (exact) mass is 381 g/mol. The van der Waals surface area contributed by atoms with Crippen molar-refractivity contribution in [3.8, 4) is 0 Å². The maximum absolute atomic E-state index is 13.3. The Labute approximate surface area is 163 Å². The smallest absolute Gasteiger partial charge is 0.227 e. The van der Waals surface area contributed by atoms with E-state index in [9.17, 15) is 9.18 Å². The van der Waals surface area contributed by atoms with Gasteiger partial charge >= 0.3 is 0 Å². The lowest BCUT2D eigenvalue weighted by Gasteiger charge is -2.21. The molecule has 1 aliphatic rings. The fourth-order valence-corrected chi connectivity index (χ4v) is 3.67. The summed E-state index contributed by atoms with van der Waals surface area (Å²) < 4.78 is 19.0. The number of oxazole rings is 1. The van der Waals surface area contributed by atoms with Crippen LogP contribution in [0.25, 0.3) is 11.1 Å². The van der Waals surface area contributed by atoms with E-state index >= 15 is 0 Å². The van der Waals surface area contributed by atoms with E-state index in [1.807, 2.05) is 36.1 Å². The average molecular weight is 381 g/mol. The van der Waals surface area contributed by atoms with Crippen LogP contribution in [0.1, 0.15) is 23.4 Å². The van der Waals surface area contributed by atoms with E-state index in [1.54, 1.807) is 6.07 Å². The molecule has 28 heavy (non-hydrogen) atoms. The maximum atomic E-state index is 13.3. The SMILES string of the molecule is Cc1ccccc1CC(=O)N1CCCN(Cc2nc3ccc(F)cc3o2)CC1. The van der Waals surface area contributed by atoms with E-state index in [0.29, 0.717) is 36.5 Å². The Morgan fingerprint density at radius 2 is 2.00 bits per heavy atom. The number of carbonyl (C=O) groups excluding carboxylic acids is 1. The van der Waals surface area contributed by atoms with Gasteiger partial charge in [-0.1, -0.05) is 24.3 Å². The number of nitrogens with zero attached hydrogens (tertiary/aromatic N) is 3. The largest absolute Gasteiger partial charge is 0.439 e. The first-order valence-electron chi connectivity index (χ1n) is 9.68. The molecule has 1 aliphatic heterocycles. The molecule has 2 heterocycles. The summed E-state index contributed by atoms with van der Waals surface area (Å²) in [6.45, 7) is 5.71. The summed E-state index contributed by atoms with van der Waals surface area (Å²) in [5.74, 6) is 0.432. The lowest BCUT2D eigenvalue weighted by atomic mass is 10.1. The van der Waals surface area contributed by atoms with Crippen LogP contribution in [0.2, 0.25) is 0 Å². The molecule has 0 aliphatic carbocycles. The third-order valence-electron chi connectivity index (χ3n) is 5.30. The molecule has 5 nitrogen and oxygen atoms in total. The van der Waals surface area contributed by atoms with E-state index in [2.05, 4.69) is 9.88 Å². The molecule has 1 amide bonds. The number of rotatable bonds is 4. The van der Waals surface area contributed by atoms with E-state index in [1.165, 1.54) is 12.1 Å². The maximum Gasteiger partial charge on any atom is 0.227 e. The van der Waals surface area contributed by atoms with Crippen LogP contribution in [0.15, 0.2) is 46.9 Å². The number of amides is 1. The van der Waals surface area contributed by atoms with Gasteiger partial charge in [-0.15, -0.1) is 0 Å². The molecule has 1 aromatic heterocycles. The van der Waals surface area contributed by atoms with Gasteiger partial charge in [0.05, 0.1) is 13.0 Å². The highest BCUT2D eigenvalue weighted by Gasteiger charge is 2.21. The lowest BCUT2D eigenvalue weighted by Crippen LogP contribution is -2.36.